The van der Waals surface area contributed by atoms with E-state index < -0.39 is 5.97 Å². The summed E-state index contributed by atoms with van der Waals surface area (Å²) in [6.45, 7) is 0.482. The van der Waals surface area contributed by atoms with Crippen LogP contribution in [0.2, 0.25) is 0 Å². The molecule has 23 heavy (non-hydrogen) atoms. The van der Waals surface area contributed by atoms with Crippen LogP contribution in [0.5, 0.6) is 0 Å². The molecule has 5 heteroatoms. The first-order chi connectivity index (χ1) is 11.1. The lowest BCUT2D eigenvalue weighted by molar-refractivity contribution is -0.137. The van der Waals surface area contributed by atoms with Crippen molar-refractivity contribution in [2.75, 3.05) is 0 Å². The molecule has 0 fully saturated rings. The summed E-state index contributed by atoms with van der Waals surface area (Å²) in [6, 6.07) is 14.9. The van der Waals surface area contributed by atoms with Crippen LogP contribution >= 0.6 is 15.9 Å². The van der Waals surface area contributed by atoms with E-state index in [1.165, 1.54) is 6.07 Å². The highest BCUT2D eigenvalue weighted by Gasteiger charge is 2.13. The van der Waals surface area contributed by atoms with Gasteiger partial charge in [-0.15, -0.1) is 0 Å². The number of halogens is 2. The van der Waals surface area contributed by atoms with Crippen LogP contribution in [-0.4, -0.2) is 17.1 Å². The average Bonchev–Trinajstić information content (AvgIpc) is 2.54. The Morgan fingerprint density at radius 1 is 1.17 bits per heavy atom. The molecule has 0 saturated heterocycles. The fourth-order valence-corrected chi connectivity index (χ4v) is 2.82. The third-order valence-electron chi connectivity index (χ3n) is 3.64. The first-order valence-corrected chi connectivity index (χ1v) is 8.27. The minimum atomic E-state index is -0.809. The second kappa shape index (κ2) is 8.79. The van der Waals surface area contributed by atoms with Crippen molar-refractivity contribution in [3.05, 3.63) is 69.9 Å². The average molecular weight is 380 g/mol. The zero-order chi connectivity index (χ0) is 16.7. The number of carbonyl (C=O) groups is 1. The molecule has 0 aromatic heterocycles. The van der Waals surface area contributed by atoms with Crippen LogP contribution in [-0.2, 0) is 17.8 Å². The Bertz CT molecular complexity index is 649. The van der Waals surface area contributed by atoms with Gasteiger partial charge >= 0.3 is 5.97 Å². The smallest absolute Gasteiger partial charge is 0.303 e. The van der Waals surface area contributed by atoms with E-state index in [2.05, 4.69) is 21.2 Å². The molecule has 0 heterocycles. The van der Waals surface area contributed by atoms with E-state index in [0.717, 1.165) is 17.5 Å². The Balaban J connectivity index is 2.01. The molecule has 1 unspecified atom stereocenters. The van der Waals surface area contributed by atoms with E-state index in [4.69, 9.17) is 5.11 Å². The number of aliphatic carboxylic acids is 1. The molecule has 2 aromatic rings. The minimum Gasteiger partial charge on any atom is -0.481 e. The summed E-state index contributed by atoms with van der Waals surface area (Å²) in [7, 11) is 0. The van der Waals surface area contributed by atoms with E-state index in [1.54, 1.807) is 6.07 Å². The highest BCUT2D eigenvalue weighted by molar-refractivity contribution is 9.10. The summed E-state index contributed by atoms with van der Waals surface area (Å²) < 4.78 is 14.0. The van der Waals surface area contributed by atoms with Crippen LogP contribution in [0.15, 0.2) is 53.0 Å². The number of carboxylic acid groups (broad SMARTS) is 1. The minimum absolute atomic E-state index is 0.0173. The van der Waals surface area contributed by atoms with Gasteiger partial charge in [0.15, 0.2) is 0 Å². The summed E-state index contributed by atoms with van der Waals surface area (Å²) in [6.07, 6.45) is 1.37. The number of nitrogens with one attached hydrogen (secondary N) is 1. The van der Waals surface area contributed by atoms with Gasteiger partial charge in [-0.3, -0.25) is 4.79 Å². The molecular formula is C18H19BrFNO2. The molecule has 0 radical (unpaired) electrons. The second-order valence-electron chi connectivity index (χ2n) is 5.41. The van der Waals surface area contributed by atoms with Gasteiger partial charge in [0, 0.05) is 19.0 Å². The van der Waals surface area contributed by atoms with Gasteiger partial charge in [-0.05, 0) is 46.0 Å². The number of hydrogen-bond donors (Lipinski definition) is 2. The maximum absolute atomic E-state index is 13.6. The zero-order valence-electron chi connectivity index (χ0n) is 12.6. The summed E-state index contributed by atoms with van der Waals surface area (Å²) in [5.41, 5.74) is 1.96. The van der Waals surface area contributed by atoms with E-state index >= 15 is 0 Å². The van der Waals surface area contributed by atoms with Crippen LogP contribution in [0.25, 0.3) is 0 Å². The fraction of sp³-hybridized carbons (Fsp3) is 0.278. The standard InChI is InChI=1S/C18H19BrFNO2/c19-18-14(7-4-8-16(18)20)12-21-15(9-10-17(22)23)11-13-5-2-1-3-6-13/h1-8,15,21H,9-12H2,(H,22,23). The maximum Gasteiger partial charge on any atom is 0.303 e. The highest BCUT2D eigenvalue weighted by Crippen LogP contribution is 2.20. The molecule has 0 aliphatic heterocycles. The van der Waals surface area contributed by atoms with Gasteiger partial charge in [-0.2, -0.15) is 0 Å². The van der Waals surface area contributed by atoms with E-state index in [0.29, 0.717) is 17.4 Å². The Labute approximate surface area is 143 Å². The molecule has 0 aliphatic carbocycles. The normalized spacial score (nSPS) is 12.1. The van der Waals surface area contributed by atoms with Gasteiger partial charge in [0.2, 0.25) is 0 Å². The maximum atomic E-state index is 13.6. The van der Waals surface area contributed by atoms with Crippen LogP contribution in [0.3, 0.4) is 0 Å². The Kier molecular flexibility index (Phi) is 6.74. The van der Waals surface area contributed by atoms with Gasteiger partial charge < -0.3 is 10.4 Å². The van der Waals surface area contributed by atoms with Crippen molar-refractivity contribution in [2.24, 2.45) is 0 Å². The molecule has 0 amide bonds. The Morgan fingerprint density at radius 3 is 2.61 bits per heavy atom. The van der Waals surface area contributed by atoms with Crippen LogP contribution < -0.4 is 5.32 Å². The van der Waals surface area contributed by atoms with Crippen molar-refractivity contribution < 1.29 is 14.3 Å². The quantitative estimate of drug-likeness (QED) is 0.723. The van der Waals surface area contributed by atoms with E-state index in [1.807, 2.05) is 36.4 Å². The van der Waals surface area contributed by atoms with Crippen LogP contribution in [0.4, 0.5) is 4.39 Å². The van der Waals surface area contributed by atoms with E-state index in [9.17, 15) is 9.18 Å². The lowest BCUT2D eigenvalue weighted by atomic mass is 10.0. The molecule has 122 valence electrons. The van der Waals surface area contributed by atoms with Crippen molar-refractivity contribution in [3.63, 3.8) is 0 Å². The van der Waals surface area contributed by atoms with Gasteiger partial charge in [0.1, 0.15) is 5.82 Å². The summed E-state index contributed by atoms with van der Waals surface area (Å²) in [5, 5.41) is 12.3. The molecule has 0 bridgehead atoms. The van der Waals surface area contributed by atoms with E-state index in [-0.39, 0.29) is 18.3 Å². The lowest BCUT2D eigenvalue weighted by Gasteiger charge is -2.19. The monoisotopic (exact) mass is 379 g/mol. The number of carboxylic acids is 1. The molecule has 2 N–H and O–H groups in total. The molecule has 2 aromatic carbocycles. The van der Waals surface area contributed by atoms with Crippen LogP contribution in [0, 0.1) is 5.82 Å². The molecule has 3 nitrogen and oxygen atoms in total. The Hall–Kier alpha value is -1.72. The molecule has 1 atom stereocenters. The molecule has 0 aliphatic rings. The van der Waals surface area contributed by atoms with Gasteiger partial charge in [0.05, 0.1) is 4.47 Å². The van der Waals surface area contributed by atoms with Crippen molar-refractivity contribution in [1.82, 2.24) is 5.32 Å². The first kappa shape index (κ1) is 17.6. The largest absolute Gasteiger partial charge is 0.481 e. The van der Waals surface area contributed by atoms with Crippen molar-refractivity contribution in [3.8, 4) is 0 Å². The fourth-order valence-electron chi connectivity index (χ4n) is 2.41. The van der Waals surface area contributed by atoms with Gasteiger partial charge in [-0.25, -0.2) is 4.39 Å². The SMILES string of the molecule is O=C(O)CCC(Cc1ccccc1)NCc1cccc(F)c1Br. The van der Waals surface area contributed by atoms with Crippen LogP contribution in [0.1, 0.15) is 24.0 Å². The van der Waals surface area contributed by atoms with Gasteiger partial charge in [-0.1, -0.05) is 42.5 Å². The predicted octanol–water partition coefficient (Wildman–Crippen LogP) is 4.15. The third kappa shape index (κ3) is 5.77. The summed E-state index contributed by atoms with van der Waals surface area (Å²) in [4.78, 5) is 10.8. The second-order valence-corrected chi connectivity index (χ2v) is 6.21. The first-order valence-electron chi connectivity index (χ1n) is 7.48. The summed E-state index contributed by atoms with van der Waals surface area (Å²) >= 11 is 3.25. The van der Waals surface area contributed by atoms with Gasteiger partial charge in [0.25, 0.3) is 0 Å². The topological polar surface area (TPSA) is 49.3 Å². The zero-order valence-corrected chi connectivity index (χ0v) is 14.2. The van der Waals surface area contributed by atoms with Crippen molar-refractivity contribution in [1.29, 1.82) is 0 Å². The van der Waals surface area contributed by atoms with Crippen molar-refractivity contribution in [2.45, 2.75) is 31.8 Å². The van der Waals surface area contributed by atoms with Crippen molar-refractivity contribution >= 4 is 21.9 Å². The lowest BCUT2D eigenvalue weighted by Crippen LogP contribution is -2.31. The summed E-state index contributed by atoms with van der Waals surface area (Å²) in [5.74, 6) is -1.11. The molecule has 0 saturated carbocycles. The highest BCUT2D eigenvalue weighted by atomic mass is 79.9. The Morgan fingerprint density at radius 2 is 1.91 bits per heavy atom. The molecule has 0 spiro atoms. The molecule has 2 rings (SSSR count). The number of hydrogen-bond acceptors (Lipinski definition) is 2. The third-order valence-corrected chi connectivity index (χ3v) is 4.53. The number of benzene rings is 2. The molecular weight excluding hydrogens is 361 g/mol. The predicted molar refractivity (Wildman–Crippen MR) is 91.7 cm³/mol. The number of rotatable bonds is 8.